The van der Waals surface area contributed by atoms with Crippen molar-refractivity contribution in [2.45, 2.75) is 59.1 Å². The molecule has 263 valence electrons. The summed E-state index contributed by atoms with van der Waals surface area (Å²) < 4.78 is 6.12. The Bertz CT molecular complexity index is 1990. The lowest BCUT2D eigenvalue weighted by molar-refractivity contribution is 0.0281. The second-order valence-corrected chi connectivity index (χ2v) is 14.5. The number of carbonyl (C=O) groups is 1. The highest BCUT2D eigenvalue weighted by Gasteiger charge is 2.37. The zero-order valence-corrected chi connectivity index (χ0v) is 30.3. The van der Waals surface area contributed by atoms with Crippen molar-refractivity contribution in [3.63, 3.8) is 0 Å². The summed E-state index contributed by atoms with van der Waals surface area (Å²) in [4.78, 5) is 22.7. The third-order valence-corrected chi connectivity index (χ3v) is 11.3. The summed E-state index contributed by atoms with van der Waals surface area (Å²) >= 11 is 0. The van der Waals surface area contributed by atoms with Crippen LogP contribution in [-0.2, 0) is 4.74 Å². The summed E-state index contributed by atoms with van der Waals surface area (Å²) in [6, 6.07) is 27.4. The minimum absolute atomic E-state index is 0.0883. The van der Waals surface area contributed by atoms with Gasteiger partial charge in [0.25, 0.3) is 0 Å². The topological polar surface area (TPSA) is 112 Å². The van der Waals surface area contributed by atoms with Gasteiger partial charge in [0, 0.05) is 46.6 Å². The molecule has 6 rings (SSSR count). The second-order valence-electron chi connectivity index (χ2n) is 14.5. The molecule has 8 atom stereocenters. The Hall–Kier alpha value is -5.53. The highest BCUT2D eigenvalue weighted by molar-refractivity contribution is 5.71. The van der Waals surface area contributed by atoms with E-state index in [1.165, 1.54) is 0 Å². The largest absolute Gasteiger partial charge is 0.446 e. The first-order valence-electron chi connectivity index (χ1n) is 18.3. The van der Waals surface area contributed by atoms with E-state index < -0.39 is 0 Å². The highest BCUT2D eigenvalue weighted by Crippen LogP contribution is 2.38. The van der Waals surface area contributed by atoms with Crippen molar-refractivity contribution in [3.8, 4) is 34.4 Å². The fraction of sp³-hybridized carbons (Fsp3) is 0.333. The Morgan fingerprint density at radius 2 is 1.33 bits per heavy atom. The van der Waals surface area contributed by atoms with Gasteiger partial charge in [0.1, 0.15) is 6.10 Å². The molecule has 2 saturated carbocycles. The maximum absolute atomic E-state index is 13.4. The van der Waals surface area contributed by atoms with Crippen LogP contribution in [0.15, 0.2) is 97.3 Å². The van der Waals surface area contributed by atoms with Gasteiger partial charge in [0.2, 0.25) is 0 Å². The van der Waals surface area contributed by atoms with E-state index in [9.17, 15) is 15.3 Å². The first kappa shape index (κ1) is 36.3. The number of hydrogen-bond acceptors (Lipinski definition) is 6. The van der Waals surface area contributed by atoms with Gasteiger partial charge < -0.3 is 10.1 Å². The molecule has 52 heavy (non-hydrogen) atoms. The van der Waals surface area contributed by atoms with Gasteiger partial charge in [-0.2, -0.15) is 10.5 Å². The molecule has 0 bridgehead atoms. The minimum atomic E-state index is -0.371. The number of nitrogens with zero attached hydrogens (tertiary/aromatic N) is 4. The van der Waals surface area contributed by atoms with Crippen LogP contribution in [-0.4, -0.2) is 28.2 Å². The molecule has 2 aliphatic rings. The third-order valence-electron chi connectivity index (χ3n) is 11.3. The number of nitrogens with one attached hydrogen (secondary N) is 1. The van der Waals surface area contributed by atoms with Crippen LogP contribution in [0.4, 0.5) is 4.79 Å². The number of rotatable bonds is 8. The molecular weight excluding hydrogens is 643 g/mol. The molecule has 7 heteroatoms. The second kappa shape index (κ2) is 16.7. The summed E-state index contributed by atoms with van der Waals surface area (Å²) in [5.41, 5.74) is 6.48. The maximum atomic E-state index is 13.4. The maximum Gasteiger partial charge on any atom is 0.407 e. The Morgan fingerprint density at radius 1 is 0.750 bits per heavy atom. The number of ether oxygens (including phenoxy) is 1. The molecule has 2 aromatic heterocycles. The van der Waals surface area contributed by atoms with Crippen molar-refractivity contribution < 1.29 is 9.53 Å². The van der Waals surface area contributed by atoms with Gasteiger partial charge in [-0.25, -0.2) is 4.79 Å². The number of pyridine rings is 2. The van der Waals surface area contributed by atoms with E-state index in [1.54, 1.807) is 6.20 Å². The van der Waals surface area contributed by atoms with Gasteiger partial charge in [0.15, 0.2) is 0 Å². The SMILES string of the molecule is C[C@H]1[C@H](/C=C/c2ccc(-c3ccccc3C#N)cn2)[C@@H](NC(=O)OC2C[C@@H](/C=C/c3ccc(-c4ccccc4C#N)cn3)[C@H](C)[C@@H](C)C2)[CH]C[C@@H]1C. The molecule has 2 aliphatic carbocycles. The Labute approximate surface area is 308 Å². The smallest absolute Gasteiger partial charge is 0.407 e. The van der Waals surface area contributed by atoms with Crippen molar-refractivity contribution in [1.82, 2.24) is 15.3 Å². The molecule has 0 spiro atoms. The fourth-order valence-electron chi connectivity index (χ4n) is 7.65. The van der Waals surface area contributed by atoms with Crippen molar-refractivity contribution >= 4 is 18.2 Å². The van der Waals surface area contributed by atoms with E-state index >= 15 is 0 Å². The summed E-state index contributed by atoms with van der Waals surface area (Å²) in [6.07, 6.45) is 16.3. The van der Waals surface area contributed by atoms with Crippen molar-refractivity contribution in [2.24, 2.45) is 35.5 Å². The van der Waals surface area contributed by atoms with E-state index in [0.29, 0.717) is 34.8 Å². The van der Waals surface area contributed by atoms with Crippen LogP contribution in [0.1, 0.15) is 69.5 Å². The Morgan fingerprint density at radius 3 is 1.88 bits per heavy atom. The van der Waals surface area contributed by atoms with Crippen LogP contribution >= 0.6 is 0 Å². The quantitative estimate of drug-likeness (QED) is 0.197. The van der Waals surface area contributed by atoms with E-state index in [-0.39, 0.29) is 30.1 Å². The normalized spacial score (nSPS) is 26.0. The zero-order valence-electron chi connectivity index (χ0n) is 30.3. The first-order chi connectivity index (χ1) is 25.2. The molecule has 2 aromatic carbocycles. The van der Waals surface area contributed by atoms with E-state index in [1.807, 2.05) is 85.1 Å². The molecule has 1 unspecified atom stereocenters. The Kier molecular flexibility index (Phi) is 11.6. The average molecular weight is 689 g/mol. The van der Waals surface area contributed by atoms with Gasteiger partial charge >= 0.3 is 6.09 Å². The van der Waals surface area contributed by atoms with Gasteiger partial charge in [-0.3, -0.25) is 9.97 Å². The predicted octanol–water partition coefficient (Wildman–Crippen LogP) is 9.92. The molecule has 1 N–H and O–H groups in total. The lowest BCUT2D eigenvalue weighted by Crippen LogP contribution is -2.48. The number of allylic oxidation sites excluding steroid dienone is 1. The molecular formula is C45H46N5O2. The van der Waals surface area contributed by atoms with E-state index in [2.05, 4.69) is 79.8 Å². The lowest BCUT2D eigenvalue weighted by Gasteiger charge is -2.40. The number of aromatic nitrogens is 2. The van der Waals surface area contributed by atoms with Crippen molar-refractivity contribution in [3.05, 3.63) is 126 Å². The summed E-state index contributed by atoms with van der Waals surface area (Å²) in [5.74, 6) is 1.99. The summed E-state index contributed by atoms with van der Waals surface area (Å²) in [5, 5.41) is 22.2. The number of alkyl carbamates (subject to hydrolysis) is 1. The number of carbonyl (C=O) groups excluding carboxylic acids is 1. The molecule has 7 nitrogen and oxygen atoms in total. The van der Waals surface area contributed by atoms with Crippen LogP contribution < -0.4 is 5.32 Å². The third kappa shape index (κ3) is 8.49. The van der Waals surface area contributed by atoms with Crippen LogP contribution in [0.3, 0.4) is 0 Å². The Balaban J connectivity index is 1.08. The summed E-state index contributed by atoms with van der Waals surface area (Å²) in [7, 11) is 0. The highest BCUT2D eigenvalue weighted by atomic mass is 16.6. The average Bonchev–Trinajstić information content (AvgIpc) is 3.17. The molecule has 1 radical (unpaired) electrons. The first-order valence-corrected chi connectivity index (χ1v) is 18.3. The summed E-state index contributed by atoms with van der Waals surface area (Å²) in [6.45, 7) is 9.01. The minimum Gasteiger partial charge on any atom is -0.446 e. The standard InChI is InChI=1S/C45H46N5O2/c1-29-13-22-44(41(32(29)4)21-20-39-19-16-37(28-49-39)43-12-8-6-10-35(43)26-47)50-45(51)52-40-23-30(2)31(3)33(24-40)14-17-38-18-15-36(27-48-38)42-11-7-5-9-34(42)25-46/h5-12,14-22,27-33,40-41,44H,13,23-24H2,1-4H3,(H,50,51)/b17-14+,21-20+/t29-,30-,31+,32+,33+,40?,41-,44-/m0/s1. The van der Waals surface area contributed by atoms with E-state index in [0.717, 1.165) is 52.9 Å². The number of benzene rings is 2. The van der Waals surface area contributed by atoms with Crippen LogP contribution in [0.25, 0.3) is 34.4 Å². The molecule has 1 amide bonds. The van der Waals surface area contributed by atoms with Gasteiger partial charge in [0.05, 0.1) is 34.7 Å². The molecule has 0 saturated heterocycles. The molecule has 2 heterocycles. The van der Waals surface area contributed by atoms with Crippen LogP contribution in [0.5, 0.6) is 0 Å². The van der Waals surface area contributed by atoms with E-state index in [4.69, 9.17) is 4.74 Å². The molecule has 2 fully saturated rings. The monoisotopic (exact) mass is 688 g/mol. The van der Waals surface area contributed by atoms with Crippen molar-refractivity contribution in [2.75, 3.05) is 0 Å². The number of amides is 1. The lowest BCUT2D eigenvalue weighted by atomic mass is 9.71. The molecule has 4 aromatic rings. The van der Waals surface area contributed by atoms with Gasteiger partial charge in [-0.05, 0) is 91.7 Å². The van der Waals surface area contributed by atoms with Gasteiger partial charge in [-0.15, -0.1) is 0 Å². The van der Waals surface area contributed by atoms with Crippen molar-refractivity contribution in [1.29, 1.82) is 10.5 Å². The van der Waals surface area contributed by atoms with Crippen LogP contribution in [0.2, 0.25) is 0 Å². The van der Waals surface area contributed by atoms with Gasteiger partial charge in [-0.1, -0.05) is 88.4 Å². The molecule has 0 aliphatic heterocycles. The predicted molar refractivity (Wildman–Crippen MR) is 206 cm³/mol. The zero-order chi connectivity index (χ0) is 36.6. The van der Waals surface area contributed by atoms with Crippen LogP contribution in [0, 0.1) is 64.6 Å². The fourth-order valence-corrected chi connectivity index (χ4v) is 7.65. The number of nitriles is 2. The number of hydrogen-bond donors (Lipinski definition) is 1.